The Morgan fingerprint density at radius 3 is 2.71 bits per heavy atom. The van der Waals surface area contributed by atoms with Gasteiger partial charge in [0.25, 0.3) is 5.56 Å². The Hall–Kier alpha value is -4.17. The van der Waals surface area contributed by atoms with Gasteiger partial charge in [-0.25, -0.2) is 9.78 Å². The van der Waals surface area contributed by atoms with Crippen LogP contribution in [-0.2, 0) is 35.7 Å². The maximum absolute atomic E-state index is 13.2. The van der Waals surface area contributed by atoms with Gasteiger partial charge in [0.15, 0.2) is 6.10 Å². The standard InChI is InChI=1S/C27H23N3O5/c1-2-17-18-9-16(34-12-14-3-5-15(28)6-4-14)7-8-22(18)29-24-20(17)11-30-23(24)10-19-21(26(30)32)13-35-27(33)25(19)31/h3-10,25,31H,2,11-13,28H2,1H3. The number of carbonyl (C=O) groups is 1. The molecule has 3 N–H and O–H groups in total. The van der Waals surface area contributed by atoms with Gasteiger partial charge in [-0.2, -0.15) is 0 Å². The van der Waals surface area contributed by atoms with E-state index in [4.69, 9.17) is 20.2 Å². The Morgan fingerprint density at radius 1 is 1.14 bits per heavy atom. The van der Waals surface area contributed by atoms with Crippen LogP contribution in [0, 0.1) is 0 Å². The van der Waals surface area contributed by atoms with Gasteiger partial charge in [-0.1, -0.05) is 19.1 Å². The van der Waals surface area contributed by atoms with Crippen LogP contribution in [0.4, 0.5) is 5.69 Å². The Balaban J connectivity index is 1.42. The fraction of sp³-hybridized carbons (Fsp3) is 0.222. The van der Waals surface area contributed by atoms with Crippen molar-refractivity contribution < 1.29 is 19.4 Å². The van der Waals surface area contributed by atoms with E-state index in [-0.39, 0.29) is 12.2 Å². The van der Waals surface area contributed by atoms with E-state index in [0.29, 0.717) is 41.4 Å². The molecule has 2 aliphatic rings. The number of ether oxygens (including phenoxy) is 2. The molecule has 1 unspecified atom stereocenters. The van der Waals surface area contributed by atoms with E-state index < -0.39 is 12.1 Å². The summed E-state index contributed by atoms with van der Waals surface area (Å²) in [7, 11) is 0. The van der Waals surface area contributed by atoms with Crippen molar-refractivity contribution in [1.29, 1.82) is 0 Å². The molecule has 0 saturated carbocycles. The third kappa shape index (κ3) is 3.37. The largest absolute Gasteiger partial charge is 0.489 e. The number of aryl methyl sites for hydroxylation is 1. The number of nitrogens with zero attached hydrogens (tertiary/aromatic N) is 2. The number of esters is 1. The smallest absolute Gasteiger partial charge is 0.340 e. The third-order valence-electron chi connectivity index (χ3n) is 6.78. The molecular weight excluding hydrogens is 446 g/mol. The summed E-state index contributed by atoms with van der Waals surface area (Å²) in [5, 5.41) is 11.3. The Labute approximate surface area is 200 Å². The minimum Gasteiger partial charge on any atom is -0.489 e. The summed E-state index contributed by atoms with van der Waals surface area (Å²) >= 11 is 0. The molecule has 0 spiro atoms. The van der Waals surface area contributed by atoms with Gasteiger partial charge in [0.2, 0.25) is 0 Å². The van der Waals surface area contributed by atoms with Gasteiger partial charge in [0.1, 0.15) is 19.0 Å². The summed E-state index contributed by atoms with van der Waals surface area (Å²) in [6.07, 6.45) is -0.719. The number of pyridine rings is 2. The van der Waals surface area contributed by atoms with E-state index in [0.717, 1.165) is 39.8 Å². The number of aliphatic hydroxyl groups is 1. The van der Waals surface area contributed by atoms with Gasteiger partial charge in [-0.05, 0) is 53.9 Å². The minimum atomic E-state index is -1.46. The highest BCUT2D eigenvalue weighted by molar-refractivity contribution is 5.89. The highest BCUT2D eigenvalue weighted by Gasteiger charge is 2.34. The van der Waals surface area contributed by atoms with Crippen molar-refractivity contribution in [2.45, 2.75) is 39.2 Å². The van der Waals surface area contributed by atoms with Crippen LogP contribution in [0.1, 0.15) is 40.8 Å². The number of carbonyl (C=O) groups excluding carboxylic acids is 1. The number of hydrogen-bond acceptors (Lipinski definition) is 7. The summed E-state index contributed by atoms with van der Waals surface area (Å²) in [6.45, 7) is 2.74. The quantitative estimate of drug-likeness (QED) is 0.307. The zero-order valence-corrected chi connectivity index (χ0v) is 19.1. The van der Waals surface area contributed by atoms with Crippen LogP contribution in [-0.4, -0.2) is 20.6 Å². The molecule has 1 atom stereocenters. The lowest BCUT2D eigenvalue weighted by atomic mass is 9.97. The number of benzene rings is 2. The molecule has 4 aromatic rings. The zero-order chi connectivity index (χ0) is 24.3. The van der Waals surface area contributed by atoms with Gasteiger partial charge < -0.3 is 24.9 Å². The number of anilines is 1. The molecule has 8 nitrogen and oxygen atoms in total. The van der Waals surface area contributed by atoms with Crippen molar-refractivity contribution in [2.75, 3.05) is 5.73 Å². The van der Waals surface area contributed by atoms with Gasteiger partial charge in [-0.15, -0.1) is 0 Å². The van der Waals surface area contributed by atoms with E-state index in [1.165, 1.54) is 0 Å². The molecule has 0 bridgehead atoms. The monoisotopic (exact) mass is 469 g/mol. The van der Waals surface area contributed by atoms with Crippen molar-refractivity contribution in [3.63, 3.8) is 0 Å². The number of cyclic esters (lactones) is 1. The molecule has 0 saturated heterocycles. The normalized spacial score (nSPS) is 15.9. The van der Waals surface area contributed by atoms with Crippen molar-refractivity contribution in [3.8, 4) is 17.1 Å². The first kappa shape index (κ1) is 21.4. The number of nitrogen functional groups attached to an aromatic ring is 1. The lowest BCUT2D eigenvalue weighted by molar-refractivity contribution is -0.157. The topological polar surface area (TPSA) is 117 Å². The average Bonchev–Trinajstić information content (AvgIpc) is 3.23. The number of fused-ring (bicyclic) bond motifs is 5. The van der Waals surface area contributed by atoms with Crippen molar-refractivity contribution >= 4 is 22.6 Å². The highest BCUT2D eigenvalue weighted by atomic mass is 16.5. The molecule has 8 heteroatoms. The number of rotatable bonds is 4. The fourth-order valence-electron chi connectivity index (χ4n) is 4.96. The first-order chi connectivity index (χ1) is 16.9. The molecule has 0 radical (unpaired) electrons. The Kier molecular flexibility index (Phi) is 4.86. The molecule has 35 heavy (non-hydrogen) atoms. The van der Waals surface area contributed by atoms with Crippen LogP contribution in [0.2, 0.25) is 0 Å². The van der Waals surface area contributed by atoms with Gasteiger partial charge in [-0.3, -0.25) is 4.79 Å². The summed E-state index contributed by atoms with van der Waals surface area (Å²) in [4.78, 5) is 30.0. The fourth-order valence-corrected chi connectivity index (χ4v) is 4.96. The Morgan fingerprint density at radius 2 is 1.94 bits per heavy atom. The van der Waals surface area contributed by atoms with Crippen molar-refractivity contribution in [1.82, 2.24) is 9.55 Å². The highest BCUT2D eigenvalue weighted by Crippen LogP contribution is 2.38. The molecule has 0 amide bonds. The van der Waals surface area contributed by atoms with Crippen LogP contribution in [0.5, 0.6) is 5.75 Å². The van der Waals surface area contributed by atoms with Gasteiger partial charge in [0, 0.05) is 22.2 Å². The third-order valence-corrected chi connectivity index (χ3v) is 6.78. The lowest BCUT2D eigenvalue weighted by Crippen LogP contribution is -2.32. The van der Waals surface area contributed by atoms with Crippen LogP contribution in [0.15, 0.2) is 53.3 Å². The molecule has 4 heterocycles. The maximum atomic E-state index is 13.2. The van der Waals surface area contributed by atoms with Crippen LogP contribution >= 0.6 is 0 Å². The summed E-state index contributed by atoms with van der Waals surface area (Å²) in [5.74, 6) is -0.0139. The molecule has 2 aliphatic heterocycles. The number of hydrogen-bond donors (Lipinski definition) is 2. The maximum Gasteiger partial charge on any atom is 0.340 e. The van der Waals surface area contributed by atoms with E-state index in [1.807, 2.05) is 42.5 Å². The lowest BCUT2D eigenvalue weighted by Gasteiger charge is -2.21. The SMILES string of the molecule is CCc1c2c(nc3ccc(OCc4ccc(N)cc4)cc13)-c1cc3c(c(=O)n1C2)COC(=O)C3O. The van der Waals surface area contributed by atoms with E-state index in [2.05, 4.69) is 6.92 Å². The molecule has 2 aromatic carbocycles. The van der Waals surface area contributed by atoms with Crippen LogP contribution in [0.3, 0.4) is 0 Å². The van der Waals surface area contributed by atoms with Crippen molar-refractivity contribution in [2.24, 2.45) is 0 Å². The van der Waals surface area contributed by atoms with E-state index >= 15 is 0 Å². The second kappa shape index (κ2) is 7.95. The molecule has 176 valence electrons. The summed E-state index contributed by atoms with van der Waals surface area (Å²) in [5.41, 5.74) is 12.0. The predicted octanol–water partition coefficient (Wildman–Crippen LogP) is 3.24. The van der Waals surface area contributed by atoms with E-state index in [9.17, 15) is 14.7 Å². The second-order valence-corrected chi connectivity index (χ2v) is 8.85. The zero-order valence-electron chi connectivity index (χ0n) is 19.1. The first-order valence-electron chi connectivity index (χ1n) is 11.5. The van der Waals surface area contributed by atoms with Crippen LogP contribution in [0.25, 0.3) is 22.3 Å². The molecule has 0 aliphatic carbocycles. The molecule has 6 rings (SSSR count). The van der Waals surface area contributed by atoms with Gasteiger partial charge >= 0.3 is 5.97 Å². The van der Waals surface area contributed by atoms with Crippen molar-refractivity contribution in [3.05, 3.63) is 86.7 Å². The minimum absolute atomic E-state index is 0.134. The van der Waals surface area contributed by atoms with E-state index in [1.54, 1.807) is 10.6 Å². The molecule has 2 aromatic heterocycles. The molecule has 0 fully saturated rings. The average molecular weight is 469 g/mol. The van der Waals surface area contributed by atoms with Crippen LogP contribution < -0.4 is 16.0 Å². The number of nitrogens with two attached hydrogens (primary N) is 1. The number of aliphatic hydroxyl groups excluding tert-OH is 1. The van der Waals surface area contributed by atoms with Gasteiger partial charge in [0.05, 0.1) is 29.0 Å². The number of aromatic nitrogens is 2. The Bertz CT molecular complexity index is 1570. The molecular formula is C27H23N3O5. The first-order valence-corrected chi connectivity index (χ1v) is 11.5. The predicted molar refractivity (Wildman–Crippen MR) is 130 cm³/mol. The second-order valence-electron chi connectivity index (χ2n) is 8.85. The summed E-state index contributed by atoms with van der Waals surface area (Å²) < 4.78 is 12.7. The summed E-state index contributed by atoms with van der Waals surface area (Å²) in [6, 6.07) is 15.1.